The number of nitrogens with two attached hydrogens (primary N) is 1. The van der Waals surface area contributed by atoms with Crippen molar-refractivity contribution in [2.24, 2.45) is 16.5 Å². The maximum Gasteiger partial charge on any atom is 0.0916 e. The van der Waals surface area contributed by atoms with Gasteiger partial charge in [-0.15, -0.1) is 0 Å². The molecule has 1 saturated heterocycles. The van der Waals surface area contributed by atoms with Gasteiger partial charge < -0.3 is 4.90 Å². The fourth-order valence-electron chi connectivity index (χ4n) is 4.43. The molecule has 0 bridgehead atoms. The van der Waals surface area contributed by atoms with E-state index in [1.165, 1.54) is 50.9 Å². The van der Waals surface area contributed by atoms with E-state index in [0.29, 0.717) is 5.41 Å². The molecule has 2 N–H and O–H groups in total. The molecule has 1 aliphatic carbocycles. The quantitative estimate of drug-likeness (QED) is 0.869. The Balaban J connectivity index is 1.45. The Morgan fingerprint density at radius 3 is 2.52 bits per heavy atom. The molecule has 0 aromatic heterocycles. The van der Waals surface area contributed by atoms with E-state index in [9.17, 15) is 4.21 Å². The molecule has 1 heterocycles. The number of hydrogen-bond donors (Lipinski definition) is 1. The second kappa shape index (κ2) is 7.45. The van der Waals surface area contributed by atoms with Crippen molar-refractivity contribution in [3.63, 3.8) is 0 Å². The van der Waals surface area contributed by atoms with Crippen LogP contribution in [0.15, 0.2) is 30.3 Å². The Hall–Kier alpha value is -0.710. The van der Waals surface area contributed by atoms with Crippen LogP contribution in [-0.2, 0) is 17.4 Å². The summed E-state index contributed by atoms with van der Waals surface area (Å²) >= 11 is 0. The Bertz CT molecular complexity index is 525. The van der Waals surface area contributed by atoms with Crippen molar-refractivity contribution in [2.75, 3.05) is 19.6 Å². The molecular formula is C19H30N2OS. The van der Waals surface area contributed by atoms with Crippen molar-refractivity contribution in [2.45, 2.75) is 50.7 Å². The van der Waals surface area contributed by atoms with Crippen LogP contribution in [0.1, 0.15) is 44.6 Å². The van der Waals surface area contributed by atoms with Crippen LogP contribution >= 0.6 is 0 Å². The van der Waals surface area contributed by atoms with E-state index in [1.807, 2.05) is 6.92 Å². The molecule has 128 valence electrons. The van der Waals surface area contributed by atoms with Gasteiger partial charge in [0.1, 0.15) is 0 Å². The highest BCUT2D eigenvalue weighted by Gasteiger charge is 2.48. The normalized spacial score (nSPS) is 26.6. The van der Waals surface area contributed by atoms with Gasteiger partial charge in [0.25, 0.3) is 0 Å². The lowest BCUT2D eigenvalue weighted by Crippen LogP contribution is -2.50. The molecule has 3 nitrogen and oxygen atoms in total. The first kappa shape index (κ1) is 17.1. The van der Waals surface area contributed by atoms with Crippen molar-refractivity contribution in [3.8, 4) is 0 Å². The summed E-state index contributed by atoms with van der Waals surface area (Å²) in [4.78, 5) is 2.62. The molecule has 2 fully saturated rings. The van der Waals surface area contributed by atoms with E-state index in [1.54, 1.807) is 0 Å². The van der Waals surface area contributed by atoms with E-state index >= 15 is 0 Å². The lowest BCUT2D eigenvalue weighted by Gasteiger charge is -2.55. The molecule has 4 heteroatoms. The van der Waals surface area contributed by atoms with Gasteiger partial charge in [0, 0.05) is 11.8 Å². The van der Waals surface area contributed by atoms with Crippen molar-refractivity contribution in [3.05, 3.63) is 35.9 Å². The van der Waals surface area contributed by atoms with Gasteiger partial charge in [0.05, 0.1) is 11.0 Å². The molecule has 3 rings (SSSR count). The maximum atomic E-state index is 11.4. The van der Waals surface area contributed by atoms with Gasteiger partial charge in [-0.1, -0.05) is 30.3 Å². The number of hydrogen-bond acceptors (Lipinski definition) is 2. The lowest BCUT2D eigenvalue weighted by atomic mass is 9.54. The molecular weight excluding hydrogens is 304 g/mol. The molecule has 2 aliphatic rings. The lowest BCUT2D eigenvalue weighted by molar-refractivity contribution is -0.0374. The van der Waals surface area contributed by atoms with Crippen LogP contribution in [0, 0.1) is 11.3 Å². The summed E-state index contributed by atoms with van der Waals surface area (Å²) in [6.45, 7) is 5.66. The van der Waals surface area contributed by atoms with Crippen LogP contribution in [0.5, 0.6) is 0 Å². The van der Waals surface area contributed by atoms with Gasteiger partial charge in [-0.05, 0) is 75.4 Å². The number of benzene rings is 1. The average molecular weight is 335 g/mol. The Labute approximate surface area is 143 Å². The minimum absolute atomic E-state index is 0.147. The number of nitrogens with zero attached hydrogens (tertiary/aromatic N) is 1. The molecule has 1 saturated carbocycles. The van der Waals surface area contributed by atoms with Gasteiger partial charge in [0.15, 0.2) is 0 Å². The summed E-state index contributed by atoms with van der Waals surface area (Å²) in [7, 11) is -1.16. The molecule has 0 amide bonds. The second-order valence-electron chi connectivity index (χ2n) is 7.55. The number of piperidine rings is 1. The zero-order valence-corrected chi connectivity index (χ0v) is 15.1. The van der Waals surface area contributed by atoms with E-state index < -0.39 is 11.0 Å². The Kier molecular flexibility index (Phi) is 5.55. The van der Waals surface area contributed by atoms with Gasteiger partial charge in [0.2, 0.25) is 0 Å². The standard InChI is InChI=1S/C19H30N2OS/c1-16(23(20)22)15-18-7-9-19(18)10-13-21(14-11-19)12-8-17-5-3-2-4-6-17/h2-6,16,18H,7-15,20H2,1H3/t16?,18-,23?/m0/s1. The molecule has 1 aromatic carbocycles. The summed E-state index contributed by atoms with van der Waals surface area (Å²) in [5.74, 6) is 0.751. The monoisotopic (exact) mass is 334 g/mol. The SMILES string of the molecule is CC(C[C@@H]1CCC12CCN(CCc1ccccc1)CC2)S(N)=O. The zero-order valence-electron chi connectivity index (χ0n) is 14.2. The van der Waals surface area contributed by atoms with Crippen LogP contribution < -0.4 is 5.14 Å². The minimum Gasteiger partial charge on any atom is -0.303 e. The molecule has 1 spiro atoms. The number of rotatable bonds is 6. The van der Waals surface area contributed by atoms with Crippen molar-refractivity contribution in [1.82, 2.24) is 4.90 Å². The van der Waals surface area contributed by atoms with E-state index in [4.69, 9.17) is 5.14 Å². The van der Waals surface area contributed by atoms with Crippen molar-refractivity contribution < 1.29 is 4.21 Å². The highest BCUT2D eigenvalue weighted by molar-refractivity contribution is 7.83. The fourth-order valence-corrected chi connectivity index (χ4v) is 4.85. The zero-order chi connectivity index (χ0) is 16.3. The van der Waals surface area contributed by atoms with Gasteiger partial charge in [-0.3, -0.25) is 5.14 Å². The van der Waals surface area contributed by atoms with Crippen molar-refractivity contribution >= 4 is 11.0 Å². The summed E-state index contributed by atoms with van der Waals surface area (Å²) in [5, 5.41) is 5.71. The van der Waals surface area contributed by atoms with Crippen LogP contribution in [0.3, 0.4) is 0 Å². The summed E-state index contributed by atoms with van der Waals surface area (Å²) in [5.41, 5.74) is 1.98. The highest BCUT2D eigenvalue weighted by atomic mass is 32.2. The first-order valence-corrected chi connectivity index (χ1v) is 10.3. The van der Waals surface area contributed by atoms with Gasteiger partial charge >= 0.3 is 0 Å². The Morgan fingerprint density at radius 1 is 1.26 bits per heavy atom. The molecule has 2 unspecified atom stereocenters. The molecule has 0 radical (unpaired) electrons. The maximum absolute atomic E-state index is 11.4. The smallest absolute Gasteiger partial charge is 0.0916 e. The second-order valence-corrected chi connectivity index (χ2v) is 9.01. The van der Waals surface area contributed by atoms with Crippen LogP contribution in [0.2, 0.25) is 0 Å². The van der Waals surface area contributed by atoms with Crippen LogP contribution in [0.25, 0.3) is 0 Å². The molecule has 1 aromatic rings. The third-order valence-corrected chi connectivity index (χ3v) is 7.27. The summed E-state index contributed by atoms with van der Waals surface area (Å²) < 4.78 is 11.4. The predicted molar refractivity (Wildman–Crippen MR) is 97.4 cm³/mol. The summed E-state index contributed by atoms with van der Waals surface area (Å²) in [6.07, 6.45) is 7.51. The highest BCUT2D eigenvalue weighted by Crippen LogP contribution is 2.55. The first-order valence-electron chi connectivity index (χ1n) is 9.00. The molecule has 23 heavy (non-hydrogen) atoms. The van der Waals surface area contributed by atoms with Crippen LogP contribution in [0.4, 0.5) is 0 Å². The average Bonchev–Trinajstić information content (AvgIpc) is 2.58. The van der Waals surface area contributed by atoms with Crippen molar-refractivity contribution in [1.29, 1.82) is 0 Å². The molecule has 3 atom stereocenters. The van der Waals surface area contributed by atoms with Gasteiger partial charge in [-0.2, -0.15) is 0 Å². The number of likely N-dealkylation sites (tertiary alicyclic amines) is 1. The fraction of sp³-hybridized carbons (Fsp3) is 0.684. The minimum atomic E-state index is -1.16. The predicted octanol–water partition coefficient (Wildman–Crippen LogP) is 3.12. The van der Waals surface area contributed by atoms with Crippen LogP contribution in [-0.4, -0.2) is 34.0 Å². The molecule has 1 aliphatic heterocycles. The van der Waals surface area contributed by atoms with Gasteiger partial charge in [-0.25, -0.2) is 4.21 Å². The summed E-state index contributed by atoms with van der Waals surface area (Å²) in [6, 6.07) is 10.8. The van der Waals surface area contributed by atoms with E-state index in [-0.39, 0.29) is 5.25 Å². The van der Waals surface area contributed by atoms with E-state index in [2.05, 4.69) is 35.2 Å². The van der Waals surface area contributed by atoms with E-state index in [0.717, 1.165) is 18.8 Å². The topological polar surface area (TPSA) is 46.3 Å². The first-order chi connectivity index (χ1) is 11.1. The Morgan fingerprint density at radius 2 is 1.96 bits per heavy atom. The third kappa shape index (κ3) is 4.04. The largest absolute Gasteiger partial charge is 0.303 e. The third-order valence-electron chi connectivity index (χ3n) is 6.28.